The summed E-state index contributed by atoms with van der Waals surface area (Å²) in [5, 5.41) is 0. The van der Waals surface area contributed by atoms with E-state index in [1.165, 1.54) is 7.11 Å². The second-order valence-electron chi connectivity index (χ2n) is 4.95. The lowest BCUT2D eigenvalue weighted by molar-refractivity contribution is -0.143. The standard InChI is InChI=1S/C11H22N2O2.ClH/c1-11(2)4-6-13(7-5-11)10(14)9(8-12)15-3;/h9H,4-8,12H2,1-3H3;1H. The number of amides is 1. The van der Waals surface area contributed by atoms with Crippen LogP contribution in [0.1, 0.15) is 26.7 Å². The molecule has 0 bridgehead atoms. The van der Waals surface area contributed by atoms with Gasteiger partial charge < -0.3 is 15.4 Å². The number of hydrogen-bond donors (Lipinski definition) is 1. The fourth-order valence-electron chi connectivity index (χ4n) is 1.83. The van der Waals surface area contributed by atoms with Gasteiger partial charge in [-0.25, -0.2) is 0 Å². The summed E-state index contributed by atoms with van der Waals surface area (Å²) in [5.74, 6) is 0.0375. The van der Waals surface area contributed by atoms with Crippen LogP contribution in [0.25, 0.3) is 0 Å². The summed E-state index contributed by atoms with van der Waals surface area (Å²) in [6.45, 7) is 6.39. The van der Waals surface area contributed by atoms with Gasteiger partial charge in [-0.05, 0) is 18.3 Å². The first-order chi connectivity index (χ1) is 7.00. The van der Waals surface area contributed by atoms with Crippen LogP contribution in [0.3, 0.4) is 0 Å². The van der Waals surface area contributed by atoms with Crippen molar-refractivity contribution in [2.24, 2.45) is 11.1 Å². The van der Waals surface area contributed by atoms with Gasteiger partial charge >= 0.3 is 0 Å². The molecular formula is C11H23ClN2O2. The molecule has 1 fully saturated rings. The minimum atomic E-state index is -0.466. The molecule has 1 aliphatic heterocycles. The molecule has 1 unspecified atom stereocenters. The number of methoxy groups -OCH3 is 1. The van der Waals surface area contributed by atoms with Crippen LogP contribution in [0, 0.1) is 5.41 Å². The van der Waals surface area contributed by atoms with E-state index in [0.29, 0.717) is 5.41 Å². The van der Waals surface area contributed by atoms with Crippen molar-refractivity contribution in [1.82, 2.24) is 4.90 Å². The van der Waals surface area contributed by atoms with E-state index in [0.717, 1.165) is 25.9 Å². The Morgan fingerprint density at radius 2 is 1.94 bits per heavy atom. The fourth-order valence-corrected chi connectivity index (χ4v) is 1.83. The van der Waals surface area contributed by atoms with Crippen LogP contribution in [0.2, 0.25) is 0 Å². The van der Waals surface area contributed by atoms with Crippen LogP contribution in [-0.2, 0) is 9.53 Å². The molecule has 1 amide bonds. The number of halogens is 1. The number of hydrogen-bond acceptors (Lipinski definition) is 3. The minimum Gasteiger partial charge on any atom is -0.370 e. The Kier molecular flexibility index (Phi) is 6.30. The zero-order chi connectivity index (χ0) is 11.5. The van der Waals surface area contributed by atoms with Crippen molar-refractivity contribution in [1.29, 1.82) is 0 Å². The van der Waals surface area contributed by atoms with E-state index in [-0.39, 0.29) is 24.9 Å². The molecule has 1 saturated heterocycles. The second kappa shape index (κ2) is 6.42. The average Bonchev–Trinajstić information content (AvgIpc) is 2.19. The summed E-state index contributed by atoms with van der Waals surface area (Å²) in [4.78, 5) is 13.8. The van der Waals surface area contributed by atoms with E-state index < -0.39 is 6.10 Å². The largest absolute Gasteiger partial charge is 0.370 e. The Bertz CT molecular complexity index is 220. The number of likely N-dealkylation sites (tertiary alicyclic amines) is 1. The molecule has 0 aliphatic carbocycles. The van der Waals surface area contributed by atoms with Gasteiger partial charge in [0.05, 0.1) is 0 Å². The summed E-state index contributed by atoms with van der Waals surface area (Å²) in [7, 11) is 1.53. The molecule has 1 atom stereocenters. The maximum Gasteiger partial charge on any atom is 0.253 e. The van der Waals surface area contributed by atoms with Gasteiger partial charge in [0.2, 0.25) is 0 Å². The van der Waals surface area contributed by atoms with Crippen molar-refractivity contribution in [2.45, 2.75) is 32.8 Å². The summed E-state index contributed by atoms with van der Waals surface area (Å²) in [6, 6.07) is 0. The summed E-state index contributed by atoms with van der Waals surface area (Å²) < 4.78 is 5.05. The van der Waals surface area contributed by atoms with E-state index in [4.69, 9.17) is 10.5 Å². The molecule has 0 aromatic rings. The van der Waals surface area contributed by atoms with Crippen molar-refractivity contribution in [2.75, 3.05) is 26.7 Å². The van der Waals surface area contributed by atoms with Crippen LogP contribution in [-0.4, -0.2) is 43.7 Å². The summed E-state index contributed by atoms with van der Waals surface area (Å²) in [5.41, 5.74) is 5.83. The first kappa shape index (κ1) is 15.7. The highest BCUT2D eigenvalue weighted by Gasteiger charge is 2.30. The fraction of sp³-hybridized carbons (Fsp3) is 0.909. The van der Waals surface area contributed by atoms with Gasteiger partial charge in [0, 0.05) is 26.7 Å². The number of nitrogens with zero attached hydrogens (tertiary/aromatic N) is 1. The highest BCUT2D eigenvalue weighted by Crippen LogP contribution is 2.29. The van der Waals surface area contributed by atoms with Gasteiger partial charge in [0.15, 0.2) is 0 Å². The van der Waals surface area contributed by atoms with E-state index in [1.807, 2.05) is 4.90 Å². The molecule has 1 aliphatic rings. The molecule has 0 radical (unpaired) electrons. The Balaban J connectivity index is 0.00000225. The third kappa shape index (κ3) is 3.92. The average molecular weight is 251 g/mol. The zero-order valence-electron chi connectivity index (χ0n) is 10.4. The quantitative estimate of drug-likeness (QED) is 0.814. The lowest BCUT2D eigenvalue weighted by atomic mass is 9.82. The lowest BCUT2D eigenvalue weighted by Crippen LogP contribution is -2.48. The first-order valence-electron chi connectivity index (χ1n) is 5.52. The van der Waals surface area contributed by atoms with E-state index >= 15 is 0 Å². The predicted molar refractivity (Wildman–Crippen MR) is 66.7 cm³/mol. The van der Waals surface area contributed by atoms with Crippen molar-refractivity contribution >= 4 is 18.3 Å². The van der Waals surface area contributed by atoms with Crippen LogP contribution in [0.4, 0.5) is 0 Å². The third-order valence-electron chi connectivity index (χ3n) is 3.20. The number of nitrogens with two attached hydrogens (primary N) is 1. The van der Waals surface area contributed by atoms with Gasteiger partial charge in [0.25, 0.3) is 5.91 Å². The van der Waals surface area contributed by atoms with Crippen molar-refractivity contribution in [3.05, 3.63) is 0 Å². The SMILES string of the molecule is COC(CN)C(=O)N1CCC(C)(C)CC1.Cl. The molecule has 5 heteroatoms. The van der Waals surface area contributed by atoms with E-state index in [1.54, 1.807) is 0 Å². The van der Waals surface area contributed by atoms with Gasteiger partial charge in [-0.3, -0.25) is 4.79 Å². The van der Waals surface area contributed by atoms with Crippen LogP contribution >= 0.6 is 12.4 Å². The molecule has 0 saturated carbocycles. The smallest absolute Gasteiger partial charge is 0.253 e. The van der Waals surface area contributed by atoms with Gasteiger partial charge in [-0.2, -0.15) is 0 Å². The molecule has 4 nitrogen and oxygen atoms in total. The number of piperidine rings is 1. The molecule has 1 heterocycles. The molecule has 96 valence electrons. The normalized spacial score (nSPS) is 21.1. The minimum absolute atomic E-state index is 0. The molecule has 0 aromatic carbocycles. The Labute approximate surface area is 104 Å². The maximum absolute atomic E-state index is 11.9. The molecule has 16 heavy (non-hydrogen) atoms. The number of carbonyl (C=O) groups is 1. The van der Waals surface area contributed by atoms with Gasteiger partial charge in [0.1, 0.15) is 6.10 Å². The first-order valence-corrected chi connectivity index (χ1v) is 5.52. The molecule has 1 rings (SSSR count). The molecular weight excluding hydrogens is 228 g/mol. The lowest BCUT2D eigenvalue weighted by Gasteiger charge is -2.38. The topological polar surface area (TPSA) is 55.6 Å². The highest BCUT2D eigenvalue weighted by molar-refractivity contribution is 5.85. The molecule has 0 spiro atoms. The Morgan fingerprint density at radius 3 is 2.31 bits per heavy atom. The van der Waals surface area contributed by atoms with Gasteiger partial charge in [-0.15, -0.1) is 12.4 Å². The Morgan fingerprint density at radius 1 is 1.44 bits per heavy atom. The molecule has 2 N–H and O–H groups in total. The number of ether oxygens (including phenoxy) is 1. The van der Waals surface area contributed by atoms with Crippen LogP contribution < -0.4 is 5.73 Å². The number of carbonyl (C=O) groups excluding carboxylic acids is 1. The van der Waals surface area contributed by atoms with Gasteiger partial charge in [-0.1, -0.05) is 13.8 Å². The van der Waals surface area contributed by atoms with Crippen molar-refractivity contribution in [3.63, 3.8) is 0 Å². The second-order valence-corrected chi connectivity index (χ2v) is 4.95. The third-order valence-corrected chi connectivity index (χ3v) is 3.20. The Hall–Kier alpha value is -0.320. The van der Waals surface area contributed by atoms with Crippen molar-refractivity contribution in [3.8, 4) is 0 Å². The van der Waals surface area contributed by atoms with Crippen molar-refractivity contribution < 1.29 is 9.53 Å². The maximum atomic E-state index is 11.9. The highest BCUT2D eigenvalue weighted by atomic mass is 35.5. The summed E-state index contributed by atoms with van der Waals surface area (Å²) in [6.07, 6.45) is 1.64. The summed E-state index contributed by atoms with van der Waals surface area (Å²) >= 11 is 0. The van der Waals surface area contributed by atoms with Crippen LogP contribution in [0.5, 0.6) is 0 Å². The zero-order valence-corrected chi connectivity index (χ0v) is 11.2. The van der Waals surface area contributed by atoms with Crippen LogP contribution in [0.15, 0.2) is 0 Å². The number of rotatable bonds is 3. The van der Waals surface area contributed by atoms with E-state index in [9.17, 15) is 4.79 Å². The van der Waals surface area contributed by atoms with E-state index in [2.05, 4.69) is 13.8 Å². The monoisotopic (exact) mass is 250 g/mol. The molecule has 0 aromatic heterocycles. The predicted octanol–water partition coefficient (Wildman–Crippen LogP) is 1.03.